The Labute approximate surface area is 173 Å². The molecule has 0 N–H and O–H groups in total. The molecule has 1 aliphatic rings. The molecule has 0 bridgehead atoms. The summed E-state index contributed by atoms with van der Waals surface area (Å²) >= 11 is 1.47. The van der Waals surface area contributed by atoms with Gasteiger partial charge in [0, 0.05) is 5.75 Å². The van der Waals surface area contributed by atoms with Crippen molar-refractivity contribution < 1.29 is 19.0 Å². The van der Waals surface area contributed by atoms with Gasteiger partial charge in [-0.2, -0.15) is 9.78 Å². The Bertz CT molecular complexity index is 981. The molecular weight excluding hydrogens is 392 g/mol. The minimum Gasteiger partial charge on any atom is -0.493 e. The van der Waals surface area contributed by atoms with Crippen LogP contribution in [0.1, 0.15) is 18.3 Å². The van der Waals surface area contributed by atoms with Crippen LogP contribution in [0.4, 0.5) is 0 Å². The first-order valence-corrected chi connectivity index (χ1v) is 9.99. The van der Waals surface area contributed by atoms with E-state index in [-0.39, 0.29) is 6.61 Å². The lowest BCUT2D eigenvalue weighted by Gasteiger charge is -2.15. The number of carbonyl (C=O) groups excluding carboxylic acids is 1. The van der Waals surface area contributed by atoms with Crippen LogP contribution < -0.4 is 9.47 Å². The molecular formula is C20H22N4O4S. The van der Waals surface area contributed by atoms with Crippen LogP contribution >= 0.6 is 11.8 Å². The number of esters is 1. The van der Waals surface area contributed by atoms with E-state index >= 15 is 0 Å². The van der Waals surface area contributed by atoms with Gasteiger partial charge < -0.3 is 14.2 Å². The highest BCUT2D eigenvalue weighted by molar-refractivity contribution is 7.99. The summed E-state index contributed by atoms with van der Waals surface area (Å²) < 4.78 is 17.9. The van der Waals surface area contributed by atoms with E-state index in [1.54, 1.807) is 43.0 Å². The van der Waals surface area contributed by atoms with E-state index in [1.165, 1.54) is 11.8 Å². The molecule has 8 nitrogen and oxygen atoms in total. The van der Waals surface area contributed by atoms with E-state index in [0.29, 0.717) is 46.1 Å². The van der Waals surface area contributed by atoms with E-state index in [9.17, 15) is 4.79 Å². The summed E-state index contributed by atoms with van der Waals surface area (Å²) in [5, 5.41) is 13.3. The quantitative estimate of drug-likeness (QED) is 0.372. The zero-order valence-corrected chi connectivity index (χ0v) is 17.4. The van der Waals surface area contributed by atoms with Crippen LogP contribution in [0, 0.1) is 6.92 Å². The van der Waals surface area contributed by atoms with E-state index < -0.39 is 5.97 Å². The molecule has 0 radical (unpaired) electrons. The fraction of sp³-hybridized carbons (Fsp3) is 0.300. The highest BCUT2D eigenvalue weighted by Crippen LogP contribution is 2.30. The molecule has 1 aliphatic heterocycles. The van der Waals surface area contributed by atoms with Crippen LogP contribution in [-0.4, -0.2) is 52.6 Å². The maximum Gasteiger partial charge on any atom is 0.340 e. The predicted molar refractivity (Wildman–Crippen MR) is 112 cm³/mol. The molecule has 1 aromatic heterocycles. The second kappa shape index (κ2) is 9.42. The molecule has 0 saturated carbocycles. The number of fused-ring (bicyclic) bond motifs is 1. The molecule has 0 spiro atoms. The van der Waals surface area contributed by atoms with Gasteiger partial charge in [0.25, 0.3) is 0 Å². The van der Waals surface area contributed by atoms with Gasteiger partial charge in [0.15, 0.2) is 17.3 Å². The van der Waals surface area contributed by atoms with Crippen molar-refractivity contribution in [3.05, 3.63) is 47.8 Å². The summed E-state index contributed by atoms with van der Waals surface area (Å²) in [6, 6.07) is 5.42. The van der Waals surface area contributed by atoms with Crippen molar-refractivity contribution in [2.75, 3.05) is 26.1 Å². The molecule has 1 aromatic carbocycles. The van der Waals surface area contributed by atoms with Crippen LogP contribution in [0.25, 0.3) is 6.08 Å². The summed E-state index contributed by atoms with van der Waals surface area (Å²) in [5.74, 6) is 1.85. The van der Waals surface area contributed by atoms with Crippen molar-refractivity contribution >= 4 is 29.5 Å². The lowest BCUT2D eigenvalue weighted by atomic mass is 10.1. The second-order valence-electron chi connectivity index (χ2n) is 5.97. The minimum absolute atomic E-state index is 0.269. The van der Waals surface area contributed by atoms with E-state index in [4.69, 9.17) is 14.2 Å². The van der Waals surface area contributed by atoms with Crippen LogP contribution in [0.5, 0.6) is 11.5 Å². The molecule has 0 amide bonds. The Morgan fingerprint density at radius 1 is 1.34 bits per heavy atom. The third-order valence-corrected chi connectivity index (χ3v) is 4.92. The maximum atomic E-state index is 12.7. The van der Waals surface area contributed by atoms with Gasteiger partial charge in [0.2, 0.25) is 5.16 Å². The van der Waals surface area contributed by atoms with Gasteiger partial charge in [0.1, 0.15) is 6.61 Å². The van der Waals surface area contributed by atoms with Gasteiger partial charge in [-0.15, -0.1) is 10.2 Å². The molecule has 9 heteroatoms. The van der Waals surface area contributed by atoms with Gasteiger partial charge in [-0.3, -0.25) is 0 Å². The fourth-order valence-corrected chi connectivity index (χ4v) is 3.51. The number of rotatable bonds is 8. The molecule has 3 rings (SSSR count). The number of methoxy groups -OCH3 is 1. The zero-order valence-electron chi connectivity index (χ0n) is 16.5. The Kier molecular flexibility index (Phi) is 6.71. The van der Waals surface area contributed by atoms with Crippen LogP contribution in [0.15, 0.2) is 46.7 Å². The number of hydrogen-bond acceptors (Lipinski definition) is 8. The summed E-state index contributed by atoms with van der Waals surface area (Å²) in [5.41, 5.74) is 1.73. The first-order chi connectivity index (χ1) is 14.1. The molecule has 0 aliphatic carbocycles. The number of benzene rings is 1. The Hall–Kier alpha value is -3.07. The van der Waals surface area contributed by atoms with E-state index in [0.717, 1.165) is 5.56 Å². The van der Waals surface area contributed by atoms with Crippen molar-refractivity contribution in [2.24, 2.45) is 5.10 Å². The standard InChI is InChI=1S/C20H22N4O4S/c1-5-9-28-17-8-7-14(11-18(17)26-4)10-15(19(25)27-6-2)16-12-29-20-22-21-13(3)24(20)23-16/h5,7-8,10-11H,1,6,9,12H2,2-4H3/b15-10-. The predicted octanol–water partition coefficient (Wildman–Crippen LogP) is 3.12. The molecule has 2 aromatic rings. The van der Waals surface area contributed by atoms with E-state index in [1.807, 2.05) is 13.0 Å². The number of ether oxygens (including phenoxy) is 3. The average molecular weight is 414 g/mol. The summed E-state index contributed by atoms with van der Waals surface area (Å²) in [6.45, 7) is 7.86. The number of aryl methyl sites for hydroxylation is 1. The lowest BCUT2D eigenvalue weighted by Crippen LogP contribution is -2.21. The molecule has 0 saturated heterocycles. The SMILES string of the molecule is C=CCOc1ccc(/C=C(\C(=O)OCC)C2=Nn3c(C)nnc3SC2)cc1OC. The maximum absolute atomic E-state index is 12.7. The molecule has 0 fully saturated rings. The van der Waals surface area contributed by atoms with Gasteiger partial charge in [-0.05, 0) is 37.6 Å². The minimum atomic E-state index is -0.438. The molecule has 29 heavy (non-hydrogen) atoms. The van der Waals surface area contributed by atoms with Crippen molar-refractivity contribution in [1.29, 1.82) is 0 Å². The summed E-state index contributed by atoms with van der Waals surface area (Å²) in [7, 11) is 1.56. The van der Waals surface area contributed by atoms with Gasteiger partial charge in [0.05, 0.1) is 25.0 Å². The highest BCUT2D eigenvalue weighted by Gasteiger charge is 2.24. The van der Waals surface area contributed by atoms with Crippen molar-refractivity contribution in [3.8, 4) is 11.5 Å². The largest absolute Gasteiger partial charge is 0.493 e. The first kappa shape index (κ1) is 20.7. The lowest BCUT2D eigenvalue weighted by molar-refractivity contribution is -0.137. The normalized spacial score (nSPS) is 13.3. The Morgan fingerprint density at radius 2 is 2.17 bits per heavy atom. The van der Waals surface area contributed by atoms with Gasteiger partial charge in [-0.1, -0.05) is 30.5 Å². The fourth-order valence-electron chi connectivity index (χ4n) is 2.63. The number of aromatic nitrogens is 3. The number of nitrogens with zero attached hydrogens (tertiary/aromatic N) is 4. The topological polar surface area (TPSA) is 87.8 Å². The van der Waals surface area contributed by atoms with Crippen molar-refractivity contribution in [1.82, 2.24) is 14.9 Å². The smallest absolute Gasteiger partial charge is 0.340 e. The Morgan fingerprint density at radius 3 is 2.90 bits per heavy atom. The Balaban J connectivity index is 2.01. The van der Waals surface area contributed by atoms with Crippen molar-refractivity contribution in [3.63, 3.8) is 0 Å². The molecule has 0 unspecified atom stereocenters. The molecule has 0 atom stereocenters. The summed E-state index contributed by atoms with van der Waals surface area (Å²) in [6.07, 6.45) is 3.40. The number of carbonyl (C=O) groups is 1. The number of hydrogen-bond donors (Lipinski definition) is 0. The summed E-state index contributed by atoms with van der Waals surface area (Å²) in [4.78, 5) is 12.7. The molecule has 2 heterocycles. The van der Waals surface area contributed by atoms with Gasteiger partial charge >= 0.3 is 5.97 Å². The second-order valence-corrected chi connectivity index (χ2v) is 6.91. The van der Waals surface area contributed by atoms with Crippen LogP contribution in [0.2, 0.25) is 0 Å². The number of thioether (sulfide) groups is 1. The van der Waals surface area contributed by atoms with E-state index in [2.05, 4.69) is 21.9 Å². The zero-order chi connectivity index (χ0) is 20.8. The van der Waals surface area contributed by atoms with Crippen molar-refractivity contribution in [2.45, 2.75) is 19.0 Å². The average Bonchev–Trinajstić information content (AvgIpc) is 3.11. The van der Waals surface area contributed by atoms with Crippen LogP contribution in [-0.2, 0) is 9.53 Å². The third-order valence-electron chi connectivity index (χ3n) is 3.99. The third kappa shape index (κ3) is 4.68. The van der Waals surface area contributed by atoms with Crippen LogP contribution in [0.3, 0.4) is 0 Å². The highest BCUT2D eigenvalue weighted by atomic mass is 32.2. The molecule has 152 valence electrons. The van der Waals surface area contributed by atoms with Gasteiger partial charge in [-0.25, -0.2) is 4.79 Å². The monoisotopic (exact) mass is 414 g/mol. The first-order valence-electron chi connectivity index (χ1n) is 9.01.